The van der Waals surface area contributed by atoms with Crippen molar-refractivity contribution in [3.05, 3.63) is 35.4 Å². The summed E-state index contributed by atoms with van der Waals surface area (Å²) in [4.78, 5) is 4.17. The molecule has 1 heterocycles. The van der Waals surface area contributed by atoms with Crippen molar-refractivity contribution < 1.29 is 8.91 Å². The third-order valence-corrected chi connectivity index (χ3v) is 2.49. The van der Waals surface area contributed by atoms with Gasteiger partial charge in [-0.2, -0.15) is 4.98 Å². The molecule has 1 aromatic heterocycles. The second-order valence-corrected chi connectivity index (χ2v) is 4.53. The quantitative estimate of drug-likeness (QED) is 0.905. The van der Waals surface area contributed by atoms with Crippen LogP contribution in [0, 0.1) is 12.7 Å². The summed E-state index contributed by atoms with van der Waals surface area (Å²) in [6.07, 6.45) is 0. The highest BCUT2D eigenvalue weighted by molar-refractivity contribution is 5.55. The molecule has 1 aromatic carbocycles. The van der Waals surface area contributed by atoms with E-state index in [1.54, 1.807) is 12.1 Å². The smallest absolute Gasteiger partial charge is 0.260 e. The van der Waals surface area contributed by atoms with Crippen molar-refractivity contribution in [1.29, 1.82) is 0 Å². The van der Waals surface area contributed by atoms with Gasteiger partial charge < -0.3 is 9.84 Å². The second kappa shape index (κ2) is 5.27. The number of nitrogens with one attached hydrogen (secondary N) is 1. The molecule has 2 aromatic rings. The molecule has 0 aliphatic heterocycles. The molecule has 18 heavy (non-hydrogen) atoms. The molecule has 0 aliphatic carbocycles. The van der Waals surface area contributed by atoms with E-state index >= 15 is 0 Å². The lowest BCUT2D eigenvalue weighted by molar-refractivity contribution is 0.415. The summed E-state index contributed by atoms with van der Waals surface area (Å²) in [6.45, 7) is 6.46. The fourth-order valence-electron chi connectivity index (χ4n) is 1.53. The lowest BCUT2D eigenvalue weighted by Gasteiger charge is -2.03. The maximum Gasteiger partial charge on any atom is 0.260 e. The zero-order chi connectivity index (χ0) is 13.1. The number of aromatic nitrogens is 2. The highest BCUT2D eigenvalue weighted by Gasteiger charge is 2.13. The summed E-state index contributed by atoms with van der Waals surface area (Å²) < 4.78 is 18.7. The first-order chi connectivity index (χ1) is 8.56. The summed E-state index contributed by atoms with van der Waals surface area (Å²) in [5.41, 5.74) is 1.30. The van der Waals surface area contributed by atoms with Crippen LogP contribution in [0.4, 0.5) is 4.39 Å². The van der Waals surface area contributed by atoms with Crippen molar-refractivity contribution in [2.75, 3.05) is 0 Å². The van der Waals surface area contributed by atoms with Crippen molar-refractivity contribution in [1.82, 2.24) is 15.5 Å². The van der Waals surface area contributed by atoms with Crippen LogP contribution in [0.1, 0.15) is 25.2 Å². The first-order valence-corrected chi connectivity index (χ1v) is 5.89. The Hall–Kier alpha value is -1.75. The zero-order valence-corrected chi connectivity index (χ0v) is 10.7. The minimum atomic E-state index is -0.354. The lowest BCUT2D eigenvalue weighted by Crippen LogP contribution is -2.22. The Morgan fingerprint density at radius 2 is 2.17 bits per heavy atom. The number of hydrogen-bond acceptors (Lipinski definition) is 4. The van der Waals surface area contributed by atoms with Gasteiger partial charge in [0.2, 0.25) is 0 Å². The van der Waals surface area contributed by atoms with Gasteiger partial charge in [-0.3, -0.25) is 0 Å². The van der Waals surface area contributed by atoms with Crippen molar-refractivity contribution in [3.63, 3.8) is 0 Å². The van der Waals surface area contributed by atoms with Crippen LogP contribution >= 0.6 is 0 Å². The topological polar surface area (TPSA) is 51.0 Å². The van der Waals surface area contributed by atoms with Crippen molar-refractivity contribution in [3.8, 4) is 11.5 Å². The standard InChI is InChI=1S/C13H16FN3O/c1-8(2)15-7-12-16-13(18-17-12)10-6-9(3)4-5-11(10)14/h4-6,8,15H,7H2,1-3H3. The van der Waals surface area contributed by atoms with Crippen molar-refractivity contribution in [2.45, 2.75) is 33.4 Å². The number of hydrogen-bond donors (Lipinski definition) is 1. The van der Waals surface area contributed by atoms with E-state index in [9.17, 15) is 4.39 Å². The van der Waals surface area contributed by atoms with Gasteiger partial charge in [0.05, 0.1) is 12.1 Å². The average molecular weight is 249 g/mol. The minimum Gasteiger partial charge on any atom is -0.334 e. The highest BCUT2D eigenvalue weighted by Crippen LogP contribution is 2.22. The van der Waals surface area contributed by atoms with Crippen LogP contribution < -0.4 is 5.32 Å². The van der Waals surface area contributed by atoms with E-state index in [2.05, 4.69) is 15.5 Å². The Balaban J connectivity index is 2.21. The molecule has 0 bridgehead atoms. The monoisotopic (exact) mass is 249 g/mol. The van der Waals surface area contributed by atoms with Crippen LogP contribution in [0.2, 0.25) is 0 Å². The number of benzene rings is 1. The molecule has 0 fully saturated rings. The summed E-state index contributed by atoms with van der Waals surface area (Å²) in [6, 6.07) is 5.14. The molecule has 0 spiro atoms. The van der Waals surface area contributed by atoms with Gasteiger partial charge in [0.1, 0.15) is 5.82 Å². The maximum atomic E-state index is 13.6. The molecular weight excluding hydrogens is 233 g/mol. The number of aryl methyl sites for hydroxylation is 1. The molecule has 0 saturated carbocycles. The number of halogens is 1. The predicted molar refractivity (Wildman–Crippen MR) is 66.4 cm³/mol. The minimum absolute atomic E-state index is 0.219. The van der Waals surface area contributed by atoms with Crippen molar-refractivity contribution >= 4 is 0 Å². The van der Waals surface area contributed by atoms with Gasteiger partial charge in [-0.25, -0.2) is 4.39 Å². The van der Waals surface area contributed by atoms with Gasteiger partial charge in [0.25, 0.3) is 5.89 Å². The maximum absolute atomic E-state index is 13.6. The molecule has 5 heteroatoms. The Morgan fingerprint density at radius 1 is 1.39 bits per heavy atom. The molecule has 0 atom stereocenters. The van der Waals surface area contributed by atoms with Gasteiger partial charge in [-0.05, 0) is 19.1 Å². The largest absolute Gasteiger partial charge is 0.334 e. The van der Waals surface area contributed by atoms with Gasteiger partial charge in [0.15, 0.2) is 5.82 Å². The lowest BCUT2D eigenvalue weighted by atomic mass is 10.1. The first kappa shape index (κ1) is 12.7. The van der Waals surface area contributed by atoms with Crippen molar-refractivity contribution in [2.24, 2.45) is 0 Å². The summed E-state index contributed by atoms with van der Waals surface area (Å²) in [5.74, 6) is 0.393. The normalized spacial score (nSPS) is 11.2. The van der Waals surface area contributed by atoms with Gasteiger partial charge in [0, 0.05) is 6.04 Å². The average Bonchev–Trinajstić information content (AvgIpc) is 2.78. The van der Waals surface area contributed by atoms with Crippen LogP contribution in [-0.2, 0) is 6.54 Å². The first-order valence-electron chi connectivity index (χ1n) is 5.89. The molecule has 96 valence electrons. The van der Waals surface area contributed by atoms with Gasteiger partial charge in [-0.15, -0.1) is 0 Å². The van der Waals surface area contributed by atoms with E-state index in [0.717, 1.165) is 5.56 Å². The Morgan fingerprint density at radius 3 is 2.89 bits per heavy atom. The van der Waals surface area contributed by atoms with E-state index in [1.807, 2.05) is 20.8 Å². The molecule has 4 nitrogen and oxygen atoms in total. The van der Waals surface area contributed by atoms with Crippen LogP contribution in [-0.4, -0.2) is 16.2 Å². The Kier molecular flexibility index (Phi) is 3.72. The Bertz CT molecular complexity index is 537. The van der Waals surface area contributed by atoms with E-state index in [-0.39, 0.29) is 11.7 Å². The molecule has 2 rings (SSSR count). The molecule has 0 saturated heterocycles. The van der Waals surface area contributed by atoms with Crippen LogP contribution in [0.15, 0.2) is 22.7 Å². The zero-order valence-electron chi connectivity index (χ0n) is 10.7. The fraction of sp³-hybridized carbons (Fsp3) is 0.385. The molecule has 0 unspecified atom stereocenters. The third kappa shape index (κ3) is 2.92. The number of rotatable bonds is 4. The highest BCUT2D eigenvalue weighted by atomic mass is 19.1. The Labute approximate surface area is 105 Å². The molecule has 0 amide bonds. The molecule has 0 radical (unpaired) electrons. The van der Waals surface area contributed by atoms with E-state index in [1.165, 1.54) is 6.07 Å². The summed E-state index contributed by atoms with van der Waals surface area (Å²) in [7, 11) is 0. The molecule has 1 N–H and O–H groups in total. The van der Waals surface area contributed by atoms with E-state index in [0.29, 0.717) is 24.0 Å². The van der Waals surface area contributed by atoms with Crippen LogP contribution in [0.5, 0.6) is 0 Å². The summed E-state index contributed by atoms with van der Waals surface area (Å²) in [5, 5.41) is 6.99. The van der Waals surface area contributed by atoms with E-state index in [4.69, 9.17) is 4.52 Å². The van der Waals surface area contributed by atoms with Crippen LogP contribution in [0.3, 0.4) is 0 Å². The van der Waals surface area contributed by atoms with Crippen LogP contribution in [0.25, 0.3) is 11.5 Å². The third-order valence-electron chi connectivity index (χ3n) is 2.49. The van der Waals surface area contributed by atoms with Gasteiger partial charge in [-0.1, -0.05) is 30.6 Å². The SMILES string of the molecule is Cc1ccc(F)c(-c2nc(CNC(C)C)no2)c1. The van der Waals surface area contributed by atoms with Gasteiger partial charge >= 0.3 is 0 Å². The fourth-order valence-corrected chi connectivity index (χ4v) is 1.53. The number of nitrogens with zero attached hydrogens (tertiary/aromatic N) is 2. The molecule has 0 aliphatic rings. The summed E-state index contributed by atoms with van der Waals surface area (Å²) >= 11 is 0. The molecular formula is C13H16FN3O. The second-order valence-electron chi connectivity index (χ2n) is 4.53. The van der Waals surface area contributed by atoms with E-state index < -0.39 is 0 Å². The predicted octanol–water partition coefficient (Wildman–Crippen LogP) is 2.68.